The maximum Gasteiger partial charge on any atom is 0.0718 e. The van der Waals surface area contributed by atoms with E-state index in [1.165, 1.54) is 0 Å². The zero-order chi connectivity index (χ0) is 14.8. The van der Waals surface area contributed by atoms with Gasteiger partial charge in [0.2, 0.25) is 0 Å². The first-order chi connectivity index (χ1) is 9.57. The molecule has 0 fully saturated rings. The van der Waals surface area contributed by atoms with E-state index >= 15 is 0 Å². The Kier molecular flexibility index (Phi) is 7.59. The molecule has 0 aliphatic heterocycles. The minimum absolute atomic E-state index is 0.0894. The molecule has 1 N–H and O–H groups in total. The second kappa shape index (κ2) is 8.95. The third-order valence-corrected chi connectivity index (χ3v) is 3.24. The molecule has 0 amide bonds. The lowest BCUT2D eigenvalue weighted by Crippen LogP contribution is -2.25. The van der Waals surface area contributed by atoms with Crippen molar-refractivity contribution < 1.29 is 14.2 Å². The molecule has 114 valence electrons. The molecule has 1 aromatic carbocycles. The maximum atomic E-state index is 5.52. The first-order valence-electron chi connectivity index (χ1n) is 7.02. The van der Waals surface area contributed by atoms with Crippen LogP contribution in [-0.4, -0.2) is 39.6 Å². The van der Waals surface area contributed by atoms with Crippen molar-refractivity contribution in [3.05, 3.63) is 29.8 Å². The van der Waals surface area contributed by atoms with Gasteiger partial charge in [0.25, 0.3) is 0 Å². The van der Waals surface area contributed by atoms with Crippen LogP contribution in [0.25, 0.3) is 0 Å². The van der Waals surface area contributed by atoms with Gasteiger partial charge >= 0.3 is 0 Å². The van der Waals surface area contributed by atoms with Gasteiger partial charge in [-0.15, -0.1) is 0 Å². The van der Waals surface area contributed by atoms with Crippen LogP contribution >= 0.6 is 0 Å². The number of rotatable bonds is 10. The first-order valence-corrected chi connectivity index (χ1v) is 7.02. The number of benzene rings is 1. The highest BCUT2D eigenvalue weighted by Crippen LogP contribution is 2.15. The summed E-state index contributed by atoms with van der Waals surface area (Å²) in [5, 5.41) is 3.42. The molecule has 0 unspecified atom stereocenters. The molecular formula is C16H27NO3. The molecule has 0 aliphatic carbocycles. The van der Waals surface area contributed by atoms with E-state index in [4.69, 9.17) is 14.2 Å². The molecule has 1 rings (SSSR count). The van der Waals surface area contributed by atoms with E-state index in [1.807, 2.05) is 6.07 Å². The summed E-state index contributed by atoms with van der Waals surface area (Å²) >= 11 is 0. The zero-order valence-electron chi connectivity index (χ0n) is 13.1. The van der Waals surface area contributed by atoms with Crippen LogP contribution in [0.1, 0.15) is 25.8 Å². The highest BCUT2D eigenvalue weighted by Gasteiger charge is 2.15. The molecule has 4 heteroatoms. The molecule has 4 nitrogen and oxygen atoms in total. The van der Waals surface area contributed by atoms with E-state index in [0.717, 1.165) is 24.2 Å². The molecule has 0 radical (unpaired) electrons. The summed E-state index contributed by atoms with van der Waals surface area (Å²) in [6.07, 6.45) is 0.956. The number of hydrogen-bond donors (Lipinski definition) is 1. The fraction of sp³-hybridized carbons (Fsp3) is 0.625. The normalized spacial score (nSPS) is 11.6. The molecule has 0 aliphatic rings. The van der Waals surface area contributed by atoms with Crippen molar-refractivity contribution in [2.24, 2.45) is 0 Å². The average molecular weight is 281 g/mol. The van der Waals surface area contributed by atoms with E-state index in [1.54, 1.807) is 14.2 Å². The van der Waals surface area contributed by atoms with Crippen LogP contribution in [0, 0.1) is 0 Å². The summed E-state index contributed by atoms with van der Waals surface area (Å²) in [6.45, 7) is 6.93. The summed E-state index contributed by atoms with van der Waals surface area (Å²) in [5.41, 5.74) is 2.19. The van der Waals surface area contributed by atoms with Crippen LogP contribution in [0.15, 0.2) is 24.3 Å². The van der Waals surface area contributed by atoms with E-state index in [9.17, 15) is 0 Å². The lowest BCUT2D eigenvalue weighted by Gasteiger charge is -2.23. The van der Waals surface area contributed by atoms with Crippen molar-refractivity contribution in [2.75, 3.05) is 39.3 Å². The van der Waals surface area contributed by atoms with E-state index < -0.39 is 0 Å². The minimum Gasteiger partial charge on any atom is -0.385 e. The lowest BCUT2D eigenvalue weighted by molar-refractivity contribution is 0.0185. The summed E-state index contributed by atoms with van der Waals surface area (Å²) in [5.74, 6) is 0. The Balaban J connectivity index is 2.36. The van der Waals surface area contributed by atoms with Crippen molar-refractivity contribution in [3.8, 4) is 0 Å². The smallest absolute Gasteiger partial charge is 0.0718 e. The van der Waals surface area contributed by atoms with Crippen molar-refractivity contribution >= 4 is 5.69 Å². The highest BCUT2D eigenvalue weighted by molar-refractivity contribution is 5.45. The average Bonchev–Trinajstić information content (AvgIpc) is 2.44. The predicted molar refractivity (Wildman–Crippen MR) is 82.2 cm³/mol. The molecule has 1 aromatic rings. The van der Waals surface area contributed by atoms with Gasteiger partial charge in [-0.2, -0.15) is 0 Å². The number of methoxy groups -OCH3 is 2. The molecule has 0 aromatic heterocycles. The second-order valence-electron chi connectivity index (χ2n) is 5.39. The minimum atomic E-state index is -0.0894. The van der Waals surface area contributed by atoms with Crippen molar-refractivity contribution in [2.45, 2.75) is 32.5 Å². The SMILES string of the molecule is COCCOCc1cccc(NCCC(C)(C)OC)c1. The Morgan fingerprint density at radius 3 is 2.65 bits per heavy atom. The Morgan fingerprint density at radius 2 is 1.95 bits per heavy atom. The molecule has 0 spiro atoms. The molecular weight excluding hydrogens is 254 g/mol. The summed E-state index contributed by atoms with van der Waals surface area (Å²) in [7, 11) is 3.42. The quantitative estimate of drug-likeness (QED) is 0.669. The second-order valence-corrected chi connectivity index (χ2v) is 5.39. The van der Waals surface area contributed by atoms with E-state index in [2.05, 4.69) is 37.4 Å². The maximum absolute atomic E-state index is 5.52. The Labute approximate surface area is 122 Å². The Bertz CT molecular complexity index is 380. The third kappa shape index (κ3) is 6.89. The van der Waals surface area contributed by atoms with Crippen LogP contribution in [0.4, 0.5) is 5.69 Å². The van der Waals surface area contributed by atoms with Gasteiger partial charge in [-0.3, -0.25) is 0 Å². The molecule has 0 saturated heterocycles. The molecule has 20 heavy (non-hydrogen) atoms. The van der Waals surface area contributed by atoms with Gasteiger partial charge in [-0.25, -0.2) is 0 Å². The van der Waals surface area contributed by atoms with Crippen LogP contribution in [-0.2, 0) is 20.8 Å². The molecule has 0 heterocycles. The molecule has 0 atom stereocenters. The van der Waals surface area contributed by atoms with Crippen LogP contribution < -0.4 is 5.32 Å². The van der Waals surface area contributed by atoms with Crippen LogP contribution in [0.3, 0.4) is 0 Å². The monoisotopic (exact) mass is 281 g/mol. The Hall–Kier alpha value is -1.10. The van der Waals surface area contributed by atoms with E-state index in [-0.39, 0.29) is 5.60 Å². The number of hydrogen-bond acceptors (Lipinski definition) is 4. The predicted octanol–water partition coefficient (Wildman–Crippen LogP) is 3.08. The van der Waals surface area contributed by atoms with Gasteiger partial charge < -0.3 is 19.5 Å². The van der Waals surface area contributed by atoms with Gasteiger partial charge in [-0.05, 0) is 38.0 Å². The number of ether oxygens (including phenoxy) is 3. The first kappa shape index (κ1) is 17.0. The number of nitrogens with one attached hydrogen (secondary N) is 1. The largest absolute Gasteiger partial charge is 0.385 e. The standard InChI is InChI=1S/C16H27NO3/c1-16(2,19-4)8-9-17-15-7-5-6-14(12-15)13-20-11-10-18-3/h5-7,12,17H,8-11,13H2,1-4H3. The fourth-order valence-electron chi connectivity index (χ4n) is 1.71. The Morgan fingerprint density at radius 1 is 1.15 bits per heavy atom. The van der Waals surface area contributed by atoms with Gasteiger partial charge in [0, 0.05) is 26.5 Å². The van der Waals surface area contributed by atoms with Gasteiger partial charge in [0.05, 0.1) is 25.4 Å². The van der Waals surface area contributed by atoms with Crippen LogP contribution in [0.2, 0.25) is 0 Å². The lowest BCUT2D eigenvalue weighted by atomic mass is 10.1. The van der Waals surface area contributed by atoms with E-state index in [0.29, 0.717) is 19.8 Å². The summed E-state index contributed by atoms with van der Waals surface area (Å²) in [4.78, 5) is 0. The van der Waals surface area contributed by atoms with Crippen LogP contribution in [0.5, 0.6) is 0 Å². The number of anilines is 1. The zero-order valence-corrected chi connectivity index (χ0v) is 13.1. The fourth-order valence-corrected chi connectivity index (χ4v) is 1.71. The van der Waals surface area contributed by atoms with Crippen molar-refractivity contribution in [3.63, 3.8) is 0 Å². The van der Waals surface area contributed by atoms with Gasteiger partial charge in [0.1, 0.15) is 0 Å². The summed E-state index contributed by atoms with van der Waals surface area (Å²) < 4.78 is 15.9. The van der Waals surface area contributed by atoms with Gasteiger partial charge in [0.15, 0.2) is 0 Å². The third-order valence-electron chi connectivity index (χ3n) is 3.24. The highest BCUT2D eigenvalue weighted by atomic mass is 16.5. The summed E-state index contributed by atoms with van der Waals surface area (Å²) in [6, 6.07) is 8.29. The van der Waals surface area contributed by atoms with Gasteiger partial charge in [-0.1, -0.05) is 12.1 Å². The van der Waals surface area contributed by atoms with Crippen molar-refractivity contribution in [1.29, 1.82) is 0 Å². The van der Waals surface area contributed by atoms with Crippen molar-refractivity contribution in [1.82, 2.24) is 0 Å². The molecule has 0 bridgehead atoms. The topological polar surface area (TPSA) is 39.7 Å². The molecule has 0 saturated carbocycles.